The molecule has 4 nitrogen and oxygen atoms in total. The number of carbonyl (C=O) groups excluding carboxylic acids is 1. The predicted molar refractivity (Wildman–Crippen MR) is 77.9 cm³/mol. The molecule has 0 heterocycles. The van der Waals surface area contributed by atoms with Crippen molar-refractivity contribution < 1.29 is 9.53 Å². The van der Waals surface area contributed by atoms with Crippen LogP contribution in [0.4, 0.5) is 0 Å². The molecule has 1 rings (SSSR count). The van der Waals surface area contributed by atoms with Gasteiger partial charge in [0.1, 0.15) is 5.54 Å². The van der Waals surface area contributed by atoms with Crippen molar-refractivity contribution in [1.82, 2.24) is 4.90 Å². The summed E-state index contributed by atoms with van der Waals surface area (Å²) in [7, 11) is 0. The Bertz CT molecular complexity index is 330. The van der Waals surface area contributed by atoms with E-state index < -0.39 is 5.54 Å². The number of amides is 1. The molecule has 1 amide bonds. The molecule has 112 valence electrons. The van der Waals surface area contributed by atoms with Crippen molar-refractivity contribution in [2.45, 2.75) is 72.1 Å². The molecule has 3 unspecified atom stereocenters. The Morgan fingerprint density at radius 3 is 2.37 bits per heavy atom. The van der Waals surface area contributed by atoms with Gasteiger partial charge in [-0.05, 0) is 27.2 Å². The Labute approximate surface area is 117 Å². The zero-order valence-electron chi connectivity index (χ0n) is 13.3. The highest BCUT2D eigenvalue weighted by Crippen LogP contribution is 2.50. The smallest absolute Gasteiger partial charge is 0.243 e. The Kier molecular flexibility index (Phi) is 5.02. The fourth-order valence-electron chi connectivity index (χ4n) is 2.93. The van der Waals surface area contributed by atoms with Crippen LogP contribution in [0.1, 0.15) is 54.4 Å². The lowest BCUT2D eigenvalue weighted by Crippen LogP contribution is -2.76. The SMILES string of the molecule is CCOC1CC(N)(C(=O)N(CC)C(C)CC)C1(C)C. The molecule has 1 fully saturated rings. The summed E-state index contributed by atoms with van der Waals surface area (Å²) >= 11 is 0. The van der Waals surface area contributed by atoms with E-state index in [1.54, 1.807) is 0 Å². The van der Waals surface area contributed by atoms with Crippen LogP contribution in [0.5, 0.6) is 0 Å². The van der Waals surface area contributed by atoms with E-state index in [9.17, 15) is 4.79 Å². The molecule has 0 aromatic heterocycles. The first-order valence-electron chi connectivity index (χ1n) is 7.47. The van der Waals surface area contributed by atoms with Crippen LogP contribution in [0, 0.1) is 5.41 Å². The van der Waals surface area contributed by atoms with Gasteiger partial charge in [0, 0.05) is 31.0 Å². The molecule has 0 aromatic carbocycles. The quantitative estimate of drug-likeness (QED) is 0.804. The van der Waals surface area contributed by atoms with Gasteiger partial charge in [-0.25, -0.2) is 0 Å². The monoisotopic (exact) mass is 270 g/mol. The summed E-state index contributed by atoms with van der Waals surface area (Å²) in [5.41, 5.74) is 5.35. The van der Waals surface area contributed by atoms with Crippen molar-refractivity contribution in [3.63, 3.8) is 0 Å². The first-order valence-corrected chi connectivity index (χ1v) is 7.47. The molecule has 0 spiro atoms. The van der Waals surface area contributed by atoms with Crippen molar-refractivity contribution in [2.24, 2.45) is 11.1 Å². The number of nitrogens with two attached hydrogens (primary N) is 1. The second kappa shape index (κ2) is 5.80. The minimum absolute atomic E-state index is 0.0744. The maximum absolute atomic E-state index is 12.8. The van der Waals surface area contributed by atoms with E-state index >= 15 is 0 Å². The van der Waals surface area contributed by atoms with Gasteiger partial charge in [0.05, 0.1) is 6.10 Å². The zero-order chi connectivity index (χ0) is 14.8. The summed E-state index contributed by atoms with van der Waals surface area (Å²) in [4.78, 5) is 14.7. The molecule has 0 bridgehead atoms. The average molecular weight is 270 g/mol. The molecular weight excluding hydrogens is 240 g/mol. The molecule has 1 saturated carbocycles. The predicted octanol–water partition coefficient (Wildman–Crippen LogP) is 2.17. The van der Waals surface area contributed by atoms with E-state index in [1.165, 1.54) is 0 Å². The van der Waals surface area contributed by atoms with Gasteiger partial charge in [0.2, 0.25) is 5.91 Å². The van der Waals surface area contributed by atoms with Gasteiger partial charge in [0.25, 0.3) is 0 Å². The van der Waals surface area contributed by atoms with Crippen LogP contribution < -0.4 is 5.73 Å². The van der Waals surface area contributed by atoms with Crippen LogP contribution in [-0.2, 0) is 9.53 Å². The normalized spacial score (nSPS) is 30.6. The summed E-state index contributed by atoms with van der Waals surface area (Å²) in [6.45, 7) is 13.6. The van der Waals surface area contributed by atoms with E-state index in [2.05, 4.69) is 13.8 Å². The highest BCUT2D eigenvalue weighted by molar-refractivity contribution is 5.89. The van der Waals surface area contributed by atoms with Crippen molar-refractivity contribution in [3.05, 3.63) is 0 Å². The van der Waals surface area contributed by atoms with Gasteiger partial charge >= 0.3 is 0 Å². The lowest BCUT2D eigenvalue weighted by atomic mass is 9.54. The van der Waals surface area contributed by atoms with Gasteiger partial charge in [-0.3, -0.25) is 4.79 Å². The third-order valence-corrected chi connectivity index (χ3v) is 4.94. The topological polar surface area (TPSA) is 55.6 Å². The third-order valence-electron chi connectivity index (χ3n) is 4.94. The van der Waals surface area contributed by atoms with Gasteiger partial charge in [0.15, 0.2) is 0 Å². The maximum atomic E-state index is 12.8. The molecule has 4 heteroatoms. The fraction of sp³-hybridized carbons (Fsp3) is 0.933. The first-order chi connectivity index (χ1) is 8.76. The van der Waals surface area contributed by atoms with Gasteiger partial charge in [-0.1, -0.05) is 20.8 Å². The van der Waals surface area contributed by atoms with E-state index in [1.807, 2.05) is 32.6 Å². The summed E-state index contributed by atoms with van der Waals surface area (Å²) in [5.74, 6) is 0.0744. The van der Waals surface area contributed by atoms with Crippen molar-refractivity contribution in [3.8, 4) is 0 Å². The van der Waals surface area contributed by atoms with Crippen molar-refractivity contribution in [1.29, 1.82) is 0 Å². The number of nitrogens with zero attached hydrogens (tertiary/aromatic N) is 1. The second-order valence-electron chi connectivity index (χ2n) is 6.19. The molecule has 1 aliphatic rings. The molecule has 0 aromatic rings. The average Bonchev–Trinajstić information content (AvgIpc) is 2.38. The molecular formula is C15H30N2O2. The van der Waals surface area contributed by atoms with Gasteiger partial charge in [-0.15, -0.1) is 0 Å². The lowest BCUT2D eigenvalue weighted by molar-refractivity contribution is -0.180. The zero-order valence-corrected chi connectivity index (χ0v) is 13.3. The summed E-state index contributed by atoms with van der Waals surface area (Å²) in [6.07, 6.45) is 1.66. The number of hydrogen-bond donors (Lipinski definition) is 1. The number of likely N-dealkylation sites (N-methyl/N-ethyl adjacent to an activating group) is 1. The van der Waals surface area contributed by atoms with E-state index in [-0.39, 0.29) is 23.5 Å². The Morgan fingerprint density at radius 1 is 1.42 bits per heavy atom. The van der Waals surface area contributed by atoms with Crippen molar-refractivity contribution in [2.75, 3.05) is 13.2 Å². The van der Waals surface area contributed by atoms with Crippen LogP contribution in [0.2, 0.25) is 0 Å². The number of hydrogen-bond acceptors (Lipinski definition) is 3. The van der Waals surface area contributed by atoms with E-state index in [0.29, 0.717) is 19.6 Å². The number of carbonyl (C=O) groups is 1. The number of rotatable bonds is 6. The molecule has 19 heavy (non-hydrogen) atoms. The van der Waals surface area contributed by atoms with E-state index in [0.717, 1.165) is 6.42 Å². The Morgan fingerprint density at radius 2 is 2.00 bits per heavy atom. The second-order valence-corrected chi connectivity index (χ2v) is 6.19. The van der Waals surface area contributed by atoms with Gasteiger partial charge in [-0.2, -0.15) is 0 Å². The van der Waals surface area contributed by atoms with Crippen LogP contribution in [0.15, 0.2) is 0 Å². The standard InChI is InChI=1S/C15H30N2O2/c1-7-11(4)17(8-2)13(18)15(16)10-12(19-9-3)14(15,5)6/h11-12H,7-10,16H2,1-6H3. The third kappa shape index (κ3) is 2.52. The molecule has 0 aliphatic heterocycles. The Hall–Kier alpha value is -0.610. The fourth-order valence-corrected chi connectivity index (χ4v) is 2.93. The first kappa shape index (κ1) is 16.4. The largest absolute Gasteiger partial charge is 0.378 e. The van der Waals surface area contributed by atoms with Crippen LogP contribution >= 0.6 is 0 Å². The minimum atomic E-state index is -0.785. The molecule has 1 aliphatic carbocycles. The van der Waals surface area contributed by atoms with E-state index in [4.69, 9.17) is 10.5 Å². The van der Waals surface area contributed by atoms with Crippen LogP contribution in [0.25, 0.3) is 0 Å². The summed E-state index contributed by atoms with van der Waals surface area (Å²) in [5, 5.41) is 0. The van der Waals surface area contributed by atoms with Crippen LogP contribution in [-0.4, -0.2) is 41.6 Å². The lowest BCUT2D eigenvalue weighted by Gasteiger charge is -2.59. The molecule has 2 N–H and O–H groups in total. The number of ether oxygens (including phenoxy) is 1. The minimum Gasteiger partial charge on any atom is -0.378 e. The summed E-state index contributed by atoms with van der Waals surface area (Å²) < 4.78 is 5.69. The highest BCUT2D eigenvalue weighted by Gasteiger charge is 2.63. The molecule has 0 radical (unpaired) electrons. The molecule has 3 atom stereocenters. The summed E-state index contributed by atoms with van der Waals surface area (Å²) in [6, 6.07) is 0.236. The Balaban J connectivity index is 2.87. The van der Waals surface area contributed by atoms with Gasteiger partial charge < -0.3 is 15.4 Å². The highest BCUT2D eigenvalue weighted by atomic mass is 16.5. The molecule has 0 saturated heterocycles. The van der Waals surface area contributed by atoms with Crippen LogP contribution in [0.3, 0.4) is 0 Å². The maximum Gasteiger partial charge on any atom is 0.243 e. The van der Waals surface area contributed by atoms with Crippen molar-refractivity contribution >= 4 is 5.91 Å².